The molecule has 3 aromatic heterocycles. The van der Waals surface area contributed by atoms with Crippen molar-refractivity contribution in [3.05, 3.63) is 47.0 Å². The van der Waals surface area contributed by atoms with E-state index in [9.17, 15) is 0 Å². The predicted molar refractivity (Wildman–Crippen MR) is 136 cm³/mol. The summed E-state index contributed by atoms with van der Waals surface area (Å²) in [4.78, 5) is 18.4. The fourth-order valence-electron chi connectivity index (χ4n) is 4.35. The highest BCUT2D eigenvalue weighted by Gasteiger charge is 2.32. The lowest BCUT2D eigenvalue weighted by Gasteiger charge is -2.36. The molecule has 1 saturated heterocycles. The van der Waals surface area contributed by atoms with Gasteiger partial charge in [-0.3, -0.25) is 4.68 Å². The second kappa shape index (κ2) is 8.69. The molecule has 182 valence electrons. The number of halogens is 2. The Morgan fingerprint density at radius 1 is 1.17 bits per heavy atom. The lowest BCUT2D eigenvalue weighted by atomic mass is 10.1. The number of benzene rings is 1. The summed E-state index contributed by atoms with van der Waals surface area (Å²) < 4.78 is 24.0. The minimum atomic E-state index is -0.427. The normalized spacial score (nSPS) is 20.5. The number of thiazole rings is 1. The van der Waals surface area contributed by atoms with Crippen molar-refractivity contribution in [1.82, 2.24) is 24.7 Å². The third-order valence-electron chi connectivity index (χ3n) is 6.26. The van der Waals surface area contributed by atoms with Crippen LogP contribution >= 0.6 is 22.9 Å². The summed E-state index contributed by atoms with van der Waals surface area (Å²) in [6.45, 7) is 3.22. The van der Waals surface area contributed by atoms with Crippen LogP contribution in [-0.2, 0) is 4.74 Å². The minimum Gasteiger partial charge on any atom is -0.367 e. The molecule has 1 saturated carbocycles. The molecular weight excluding hydrogens is 489 g/mol. The van der Waals surface area contributed by atoms with Crippen molar-refractivity contribution >= 4 is 44.4 Å². The van der Waals surface area contributed by atoms with Gasteiger partial charge in [-0.15, -0.1) is 0 Å². The van der Waals surface area contributed by atoms with Gasteiger partial charge >= 0.3 is 0 Å². The topological polar surface area (TPSA) is 72.2 Å². The van der Waals surface area contributed by atoms with E-state index in [0.29, 0.717) is 47.0 Å². The molecule has 2 atom stereocenters. The maximum absolute atomic E-state index is 15.0. The Hall–Kier alpha value is -2.82. The van der Waals surface area contributed by atoms with Crippen LogP contribution in [0.4, 0.5) is 15.5 Å². The molecule has 1 aromatic carbocycles. The van der Waals surface area contributed by atoms with Crippen LogP contribution in [0.3, 0.4) is 0 Å². The van der Waals surface area contributed by atoms with Gasteiger partial charge in [0.15, 0.2) is 10.8 Å². The highest BCUT2D eigenvalue weighted by molar-refractivity contribution is 7.22. The van der Waals surface area contributed by atoms with Crippen molar-refractivity contribution in [3.63, 3.8) is 0 Å². The number of anilines is 2. The molecule has 0 bridgehead atoms. The molecule has 11 heteroatoms. The fourth-order valence-corrected chi connectivity index (χ4v) is 5.45. The van der Waals surface area contributed by atoms with Crippen LogP contribution in [0.5, 0.6) is 0 Å². The summed E-state index contributed by atoms with van der Waals surface area (Å²) in [5, 5.41) is 5.65. The molecule has 4 heterocycles. The van der Waals surface area contributed by atoms with E-state index < -0.39 is 5.82 Å². The van der Waals surface area contributed by atoms with Crippen LogP contribution < -0.4 is 9.80 Å². The average molecular weight is 514 g/mol. The maximum Gasteiger partial charge on any atom is 0.228 e. The molecule has 4 aromatic rings. The SMILES string of the molecule is C[C@@H]1CN(c2nc(-c3ccc(Cl)cc3F)c3sc(N(C)C)nc3n2)C[C@H](c2cnn(C3CC3)c2)O1. The first-order chi connectivity index (χ1) is 16.9. The number of ether oxygens (including phenoxy) is 1. The van der Waals surface area contributed by atoms with Gasteiger partial charge < -0.3 is 14.5 Å². The van der Waals surface area contributed by atoms with E-state index in [1.54, 1.807) is 12.1 Å². The first kappa shape index (κ1) is 22.6. The molecule has 2 aliphatic rings. The summed E-state index contributed by atoms with van der Waals surface area (Å²) in [5.74, 6) is 0.0798. The zero-order chi connectivity index (χ0) is 24.3. The van der Waals surface area contributed by atoms with E-state index in [1.165, 1.54) is 30.2 Å². The van der Waals surface area contributed by atoms with Crippen LogP contribution in [0, 0.1) is 5.82 Å². The standard InChI is InChI=1S/C24H25ClFN7OS/c1-13-10-32(12-19(34-13)14-9-27-33(11-14)16-5-6-16)23-28-20(17-7-4-15(25)8-18(17)26)21-22(29-23)30-24(35-21)31(2)3/h4,7-9,11,13,16,19H,5-6,10,12H2,1-3H3/t13-,19-/m1/s1. The van der Waals surface area contributed by atoms with Crippen LogP contribution in [0.25, 0.3) is 21.6 Å². The molecule has 6 rings (SSSR count). The molecule has 1 aliphatic carbocycles. The van der Waals surface area contributed by atoms with E-state index in [-0.39, 0.29) is 12.2 Å². The third-order valence-corrected chi connectivity index (χ3v) is 7.71. The van der Waals surface area contributed by atoms with Gasteiger partial charge in [0.1, 0.15) is 16.6 Å². The summed E-state index contributed by atoms with van der Waals surface area (Å²) in [7, 11) is 3.84. The molecule has 0 radical (unpaired) electrons. The number of hydrogen-bond acceptors (Lipinski definition) is 8. The van der Waals surface area contributed by atoms with Crippen LogP contribution in [0.2, 0.25) is 5.02 Å². The van der Waals surface area contributed by atoms with E-state index >= 15 is 4.39 Å². The second-order valence-corrected chi connectivity index (χ2v) is 10.8. The third kappa shape index (κ3) is 4.34. The number of aromatic nitrogens is 5. The highest BCUT2D eigenvalue weighted by Crippen LogP contribution is 2.38. The number of fused-ring (bicyclic) bond motifs is 1. The highest BCUT2D eigenvalue weighted by atomic mass is 35.5. The zero-order valence-corrected chi connectivity index (χ0v) is 21.2. The lowest BCUT2D eigenvalue weighted by molar-refractivity contribution is -0.0178. The molecule has 0 spiro atoms. The number of hydrogen-bond donors (Lipinski definition) is 0. The van der Waals surface area contributed by atoms with Crippen molar-refractivity contribution in [3.8, 4) is 11.3 Å². The van der Waals surface area contributed by atoms with Crippen molar-refractivity contribution in [1.29, 1.82) is 0 Å². The Labute approximate surface area is 211 Å². The van der Waals surface area contributed by atoms with Gasteiger partial charge in [-0.2, -0.15) is 15.1 Å². The largest absolute Gasteiger partial charge is 0.367 e. The summed E-state index contributed by atoms with van der Waals surface area (Å²) in [6.07, 6.45) is 6.13. The molecular formula is C24H25ClFN7OS. The fraction of sp³-hybridized carbons (Fsp3) is 0.417. The van der Waals surface area contributed by atoms with E-state index in [4.69, 9.17) is 31.3 Å². The Balaban J connectivity index is 1.41. The summed E-state index contributed by atoms with van der Waals surface area (Å²) in [6, 6.07) is 5.16. The average Bonchev–Trinajstić information content (AvgIpc) is 3.38. The van der Waals surface area contributed by atoms with Crippen LogP contribution in [0.15, 0.2) is 30.6 Å². The molecule has 0 N–H and O–H groups in total. The lowest BCUT2D eigenvalue weighted by Crippen LogP contribution is -2.43. The molecule has 8 nitrogen and oxygen atoms in total. The maximum atomic E-state index is 15.0. The predicted octanol–water partition coefficient (Wildman–Crippen LogP) is 5.11. The Kier molecular flexibility index (Phi) is 5.62. The first-order valence-corrected chi connectivity index (χ1v) is 12.8. The van der Waals surface area contributed by atoms with E-state index in [2.05, 4.69) is 16.2 Å². The Bertz CT molecular complexity index is 1400. The molecule has 35 heavy (non-hydrogen) atoms. The van der Waals surface area contributed by atoms with Gasteiger partial charge in [0.2, 0.25) is 5.95 Å². The van der Waals surface area contributed by atoms with E-state index in [1.807, 2.05) is 36.8 Å². The number of morpholine rings is 1. The van der Waals surface area contributed by atoms with Crippen molar-refractivity contribution in [2.45, 2.75) is 38.0 Å². The Morgan fingerprint density at radius 3 is 2.74 bits per heavy atom. The molecule has 0 unspecified atom stereocenters. The molecule has 1 aliphatic heterocycles. The second-order valence-electron chi connectivity index (χ2n) is 9.37. The molecule has 2 fully saturated rings. The first-order valence-electron chi connectivity index (χ1n) is 11.6. The van der Waals surface area contributed by atoms with Crippen molar-refractivity contribution in [2.75, 3.05) is 37.0 Å². The summed E-state index contributed by atoms with van der Waals surface area (Å²) in [5.41, 5.74) is 2.48. The zero-order valence-electron chi connectivity index (χ0n) is 19.7. The van der Waals surface area contributed by atoms with Crippen LogP contribution in [-0.4, -0.2) is 58.0 Å². The van der Waals surface area contributed by atoms with Gasteiger partial charge in [-0.05, 0) is 38.0 Å². The number of rotatable bonds is 5. The van der Waals surface area contributed by atoms with Gasteiger partial charge in [0, 0.05) is 43.0 Å². The number of nitrogens with zero attached hydrogens (tertiary/aromatic N) is 7. The Morgan fingerprint density at radius 2 is 2.00 bits per heavy atom. The van der Waals surface area contributed by atoms with Crippen molar-refractivity contribution < 1.29 is 9.13 Å². The van der Waals surface area contributed by atoms with Gasteiger partial charge in [-0.25, -0.2) is 9.37 Å². The monoisotopic (exact) mass is 513 g/mol. The van der Waals surface area contributed by atoms with Gasteiger partial charge in [-0.1, -0.05) is 22.9 Å². The van der Waals surface area contributed by atoms with Crippen LogP contribution in [0.1, 0.15) is 37.5 Å². The summed E-state index contributed by atoms with van der Waals surface area (Å²) >= 11 is 7.46. The van der Waals surface area contributed by atoms with E-state index in [0.717, 1.165) is 15.4 Å². The quantitative estimate of drug-likeness (QED) is 0.367. The minimum absolute atomic E-state index is 0.0409. The van der Waals surface area contributed by atoms with Gasteiger partial charge in [0.05, 0.1) is 30.6 Å². The smallest absolute Gasteiger partial charge is 0.228 e. The van der Waals surface area contributed by atoms with Crippen molar-refractivity contribution in [2.24, 2.45) is 0 Å². The molecule has 0 amide bonds. The van der Waals surface area contributed by atoms with Gasteiger partial charge in [0.25, 0.3) is 0 Å².